The number of primary amides is 1. The van der Waals surface area contributed by atoms with E-state index in [0.29, 0.717) is 0 Å². The molecule has 0 radical (unpaired) electrons. The molecule has 1 amide bonds. The number of alkyl halides is 3. The summed E-state index contributed by atoms with van der Waals surface area (Å²) >= 11 is 0. The third-order valence-electron chi connectivity index (χ3n) is 2.21. The van der Waals surface area contributed by atoms with Crippen molar-refractivity contribution in [2.45, 2.75) is 25.1 Å². The van der Waals surface area contributed by atoms with Crippen LogP contribution in [0.3, 0.4) is 0 Å². The van der Waals surface area contributed by atoms with Gasteiger partial charge < -0.3 is 11.1 Å². The van der Waals surface area contributed by atoms with Crippen LogP contribution in [0, 0.1) is 5.92 Å². The highest BCUT2D eigenvalue weighted by atomic mass is 19.4. The molecule has 1 heterocycles. The van der Waals surface area contributed by atoms with E-state index in [2.05, 4.69) is 5.32 Å². The van der Waals surface area contributed by atoms with Crippen molar-refractivity contribution < 1.29 is 18.0 Å². The third-order valence-corrected chi connectivity index (χ3v) is 2.21. The van der Waals surface area contributed by atoms with Gasteiger partial charge in [-0.15, -0.1) is 0 Å². The summed E-state index contributed by atoms with van der Waals surface area (Å²) in [7, 11) is 0. The van der Waals surface area contributed by atoms with Crippen molar-refractivity contribution in [3.63, 3.8) is 0 Å². The number of nitrogens with two attached hydrogens (primary N) is 1. The Kier molecular flexibility index (Phi) is 2.80. The van der Waals surface area contributed by atoms with Crippen molar-refractivity contribution >= 4 is 5.91 Å². The lowest BCUT2D eigenvalue weighted by atomic mass is 9.94. The second-order valence-corrected chi connectivity index (χ2v) is 3.18. The first-order chi connectivity index (χ1) is 5.91. The van der Waals surface area contributed by atoms with E-state index in [9.17, 15) is 18.0 Å². The van der Waals surface area contributed by atoms with Gasteiger partial charge in [-0.3, -0.25) is 4.79 Å². The fourth-order valence-electron chi connectivity index (χ4n) is 1.38. The maximum Gasteiger partial charge on any atom is 0.403 e. The largest absolute Gasteiger partial charge is 0.403 e. The van der Waals surface area contributed by atoms with Crippen LogP contribution in [0.5, 0.6) is 0 Å². The predicted molar refractivity (Wildman–Crippen MR) is 39.8 cm³/mol. The Morgan fingerprint density at radius 3 is 2.31 bits per heavy atom. The number of carbonyl (C=O) groups is 1. The summed E-state index contributed by atoms with van der Waals surface area (Å²) in [5, 5.41) is 2.26. The highest BCUT2D eigenvalue weighted by Gasteiger charge is 2.42. The number of amides is 1. The van der Waals surface area contributed by atoms with Crippen LogP contribution in [0.25, 0.3) is 0 Å². The summed E-state index contributed by atoms with van der Waals surface area (Å²) in [6.07, 6.45) is -4.08. The maximum atomic E-state index is 12.1. The smallest absolute Gasteiger partial charge is 0.369 e. The Morgan fingerprint density at radius 2 is 2.00 bits per heavy atom. The molecule has 76 valence electrons. The van der Waals surface area contributed by atoms with E-state index in [0.717, 1.165) is 0 Å². The Morgan fingerprint density at radius 1 is 1.38 bits per heavy atom. The van der Waals surface area contributed by atoms with Gasteiger partial charge in [-0.2, -0.15) is 13.2 Å². The fraction of sp³-hybridized carbons (Fsp3) is 0.857. The van der Waals surface area contributed by atoms with Crippen LogP contribution in [0.15, 0.2) is 0 Å². The summed E-state index contributed by atoms with van der Waals surface area (Å²) in [5.41, 5.74) is 4.96. The van der Waals surface area contributed by atoms with Crippen molar-refractivity contribution in [3.05, 3.63) is 0 Å². The van der Waals surface area contributed by atoms with Gasteiger partial charge in [0.1, 0.15) is 6.04 Å². The van der Waals surface area contributed by atoms with Gasteiger partial charge in [0.25, 0.3) is 0 Å². The van der Waals surface area contributed by atoms with Gasteiger partial charge in [0.2, 0.25) is 5.91 Å². The number of nitrogens with one attached hydrogen (secondary N) is 1. The molecule has 0 unspecified atom stereocenters. The molecule has 0 bridgehead atoms. The normalized spacial score (nSPS) is 30.1. The predicted octanol–water partition coefficient (Wildman–Crippen LogP) is 0.402. The summed E-state index contributed by atoms with van der Waals surface area (Å²) in [6.45, 7) is 0.0273. The van der Waals surface area contributed by atoms with E-state index in [1.165, 1.54) is 0 Å². The maximum absolute atomic E-state index is 12.1. The minimum absolute atomic E-state index is 0.0273. The molecule has 0 aliphatic carbocycles. The molecule has 2 atom stereocenters. The quantitative estimate of drug-likeness (QED) is 0.637. The van der Waals surface area contributed by atoms with E-state index in [1.807, 2.05) is 0 Å². The Labute approximate surface area is 73.5 Å². The van der Waals surface area contributed by atoms with E-state index < -0.39 is 24.0 Å². The molecule has 1 fully saturated rings. The first kappa shape index (κ1) is 10.3. The molecule has 0 aromatic heterocycles. The van der Waals surface area contributed by atoms with Gasteiger partial charge in [-0.25, -0.2) is 0 Å². The molecule has 0 aromatic carbocycles. The van der Waals surface area contributed by atoms with Crippen molar-refractivity contribution in [2.24, 2.45) is 11.7 Å². The zero-order valence-corrected chi connectivity index (χ0v) is 6.90. The Bertz CT molecular complexity index is 196. The van der Waals surface area contributed by atoms with Crippen LogP contribution in [0.1, 0.15) is 12.8 Å². The molecule has 1 saturated heterocycles. The molecule has 0 saturated carbocycles. The van der Waals surface area contributed by atoms with Gasteiger partial charge in [-0.1, -0.05) is 0 Å². The summed E-state index contributed by atoms with van der Waals surface area (Å²) in [5.74, 6) is -0.994. The standard InChI is InChI=1S/C7H11F3N2O/c8-7(9,10)5-2-1-4(3-12-5)6(11)13/h4-5,12H,1-3H2,(H2,11,13)/t4-,5-/m1/s1. The van der Waals surface area contributed by atoms with E-state index in [1.54, 1.807) is 0 Å². The van der Waals surface area contributed by atoms with Crippen LogP contribution < -0.4 is 11.1 Å². The van der Waals surface area contributed by atoms with Gasteiger partial charge in [0, 0.05) is 6.54 Å². The third kappa shape index (κ3) is 2.58. The zero-order chi connectivity index (χ0) is 10.1. The van der Waals surface area contributed by atoms with Gasteiger partial charge >= 0.3 is 6.18 Å². The van der Waals surface area contributed by atoms with Crippen molar-refractivity contribution in [3.8, 4) is 0 Å². The number of hydrogen-bond donors (Lipinski definition) is 2. The molecule has 0 spiro atoms. The first-order valence-corrected chi connectivity index (χ1v) is 4.00. The number of halogens is 3. The first-order valence-electron chi connectivity index (χ1n) is 4.00. The number of piperidine rings is 1. The van der Waals surface area contributed by atoms with E-state index in [4.69, 9.17) is 5.73 Å². The Balaban J connectivity index is 2.44. The highest BCUT2D eigenvalue weighted by molar-refractivity contribution is 5.76. The molecule has 6 heteroatoms. The highest BCUT2D eigenvalue weighted by Crippen LogP contribution is 2.27. The molecule has 3 nitrogen and oxygen atoms in total. The molecule has 1 aliphatic rings. The number of rotatable bonds is 1. The van der Waals surface area contributed by atoms with Gasteiger partial charge in [-0.05, 0) is 12.8 Å². The summed E-state index contributed by atoms with van der Waals surface area (Å²) in [6, 6.07) is -1.48. The average molecular weight is 196 g/mol. The van der Waals surface area contributed by atoms with Gasteiger partial charge in [0.15, 0.2) is 0 Å². The van der Waals surface area contributed by atoms with E-state index >= 15 is 0 Å². The monoisotopic (exact) mass is 196 g/mol. The molecular formula is C7H11F3N2O. The average Bonchev–Trinajstić information content (AvgIpc) is 2.03. The summed E-state index contributed by atoms with van der Waals surface area (Å²) < 4.78 is 36.3. The van der Waals surface area contributed by atoms with Crippen LogP contribution in [0.2, 0.25) is 0 Å². The molecule has 1 aliphatic heterocycles. The zero-order valence-electron chi connectivity index (χ0n) is 6.90. The Hall–Kier alpha value is -0.780. The lowest BCUT2D eigenvalue weighted by Crippen LogP contribution is -2.50. The molecule has 3 N–H and O–H groups in total. The molecule has 13 heavy (non-hydrogen) atoms. The second kappa shape index (κ2) is 3.53. The van der Waals surface area contributed by atoms with Crippen LogP contribution in [0.4, 0.5) is 13.2 Å². The van der Waals surface area contributed by atoms with Crippen LogP contribution >= 0.6 is 0 Å². The number of hydrogen-bond acceptors (Lipinski definition) is 2. The van der Waals surface area contributed by atoms with Gasteiger partial charge in [0.05, 0.1) is 5.92 Å². The minimum Gasteiger partial charge on any atom is -0.369 e. The topological polar surface area (TPSA) is 55.1 Å². The lowest BCUT2D eigenvalue weighted by molar-refractivity contribution is -0.163. The summed E-state index contributed by atoms with van der Waals surface area (Å²) in [4.78, 5) is 10.6. The second-order valence-electron chi connectivity index (χ2n) is 3.18. The SMILES string of the molecule is NC(=O)[C@@H]1CC[C@H](C(F)(F)F)NC1. The molecular weight excluding hydrogens is 185 g/mol. The van der Waals surface area contributed by atoms with Crippen molar-refractivity contribution in [1.82, 2.24) is 5.32 Å². The minimum atomic E-state index is -4.22. The van der Waals surface area contributed by atoms with E-state index in [-0.39, 0.29) is 19.4 Å². The van der Waals surface area contributed by atoms with Crippen molar-refractivity contribution in [1.29, 1.82) is 0 Å². The molecule has 0 aromatic rings. The lowest BCUT2D eigenvalue weighted by Gasteiger charge is -2.29. The number of carbonyl (C=O) groups excluding carboxylic acids is 1. The van der Waals surface area contributed by atoms with Crippen LogP contribution in [-0.2, 0) is 4.79 Å². The fourth-order valence-corrected chi connectivity index (χ4v) is 1.38. The van der Waals surface area contributed by atoms with Crippen LogP contribution in [-0.4, -0.2) is 24.7 Å². The van der Waals surface area contributed by atoms with Crippen molar-refractivity contribution in [2.75, 3.05) is 6.54 Å². The molecule has 1 rings (SSSR count).